The highest BCUT2D eigenvalue weighted by molar-refractivity contribution is 9.10. The number of rotatable bonds is 3. The fourth-order valence-electron chi connectivity index (χ4n) is 1.06. The lowest BCUT2D eigenvalue weighted by Crippen LogP contribution is -2.10. The number of amidine groups is 1. The molecule has 0 bridgehead atoms. The highest BCUT2D eigenvalue weighted by Gasteiger charge is 2.01. The van der Waals surface area contributed by atoms with Crippen molar-refractivity contribution in [3.05, 3.63) is 34.3 Å². The van der Waals surface area contributed by atoms with E-state index in [1.54, 1.807) is 11.8 Å². The van der Waals surface area contributed by atoms with Crippen LogP contribution in [0.4, 0.5) is 0 Å². The zero-order valence-electron chi connectivity index (χ0n) is 8.90. The summed E-state index contributed by atoms with van der Waals surface area (Å²) in [7, 11) is 0. The second-order valence-electron chi connectivity index (χ2n) is 3.44. The molecule has 0 radical (unpaired) electrons. The van der Waals surface area contributed by atoms with Crippen molar-refractivity contribution in [1.82, 2.24) is 0 Å². The summed E-state index contributed by atoms with van der Waals surface area (Å²) in [5.74, 6) is 0.851. The first-order valence-electron chi connectivity index (χ1n) is 4.79. The molecule has 1 aromatic carbocycles. The van der Waals surface area contributed by atoms with Crippen LogP contribution in [0.5, 0.6) is 0 Å². The van der Waals surface area contributed by atoms with Crippen molar-refractivity contribution in [3.8, 4) is 0 Å². The molecule has 1 rings (SSSR count). The first kappa shape index (κ1) is 12.6. The molecule has 0 aliphatic rings. The fourth-order valence-corrected chi connectivity index (χ4v) is 2.51. The summed E-state index contributed by atoms with van der Waals surface area (Å²) in [6.07, 6.45) is 0. The molecule has 1 aromatic rings. The SMILES string of the molecule is CC(C)N=C(N)SCc1ccccc1Br. The molecule has 0 heterocycles. The lowest BCUT2D eigenvalue weighted by molar-refractivity contribution is 0.838. The standard InChI is InChI=1S/C11H15BrN2S/c1-8(2)14-11(13)15-7-9-5-3-4-6-10(9)12/h3-6,8H,7H2,1-2H3,(H2,13,14). The molecule has 82 valence electrons. The summed E-state index contributed by atoms with van der Waals surface area (Å²) in [6, 6.07) is 8.41. The van der Waals surface area contributed by atoms with E-state index in [2.05, 4.69) is 27.0 Å². The largest absolute Gasteiger partial charge is 0.379 e. The Labute approximate surface area is 103 Å². The predicted octanol–water partition coefficient (Wildman–Crippen LogP) is 3.41. The Balaban J connectivity index is 2.54. The third kappa shape index (κ3) is 4.71. The molecule has 4 heteroatoms. The Hall–Kier alpha value is -0.480. The maximum absolute atomic E-state index is 5.77. The molecule has 2 N–H and O–H groups in total. The predicted molar refractivity (Wildman–Crippen MR) is 72.2 cm³/mol. The quantitative estimate of drug-likeness (QED) is 0.683. The Morgan fingerprint density at radius 1 is 1.47 bits per heavy atom. The minimum Gasteiger partial charge on any atom is -0.379 e. The second kappa shape index (κ2) is 6.18. The van der Waals surface area contributed by atoms with Crippen LogP contribution in [-0.4, -0.2) is 11.2 Å². The number of nitrogens with two attached hydrogens (primary N) is 1. The van der Waals surface area contributed by atoms with Crippen molar-refractivity contribution in [1.29, 1.82) is 0 Å². The van der Waals surface area contributed by atoms with Gasteiger partial charge in [0.1, 0.15) is 0 Å². The van der Waals surface area contributed by atoms with Crippen molar-refractivity contribution in [2.75, 3.05) is 0 Å². The molecular formula is C11H15BrN2S. The van der Waals surface area contributed by atoms with Crippen LogP contribution in [0.25, 0.3) is 0 Å². The molecule has 0 aliphatic heterocycles. The normalized spacial score (nSPS) is 12.1. The van der Waals surface area contributed by atoms with Gasteiger partial charge in [0.15, 0.2) is 5.17 Å². The maximum atomic E-state index is 5.77. The molecule has 0 aliphatic carbocycles. The third-order valence-corrected chi connectivity index (χ3v) is 3.35. The number of hydrogen-bond acceptors (Lipinski definition) is 2. The van der Waals surface area contributed by atoms with E-state index >= 15 is 0 Å². The van der Waals surface area contributed by atoms with Gasteiger partial charge in [0, 0.05) is 16.3 Å². The van der Waals surface area contributed by atoms with E-state index in [9.17, 15) is 0 Å². The van der Waals surface area contributed by atoms with E-state index in [1.807, 2.05) is 32.0 Å². The number of aliphatic imine (C=N–C) groups is 1. The Kier molecular flexibility index (Phi) is 5.19. The van der Waals surface area contributed by atoms with Crippen molar-refractivity contribution in [2.24, 2.45) is 10.7 Å². The van der Waals surface area contributed by atoms with E-state index in [0.717, 1.165) is 10.2 Å². The first-order chi connectivity index (χ1) is 7.09. The number of thioether (sulfide) groups is 1. The topological polar surface area (TPSA) is 38.4 Å². The molecule has 0 spiro atoms. The summed E-state index contributed by atoms with van der Waals surface area (Å²) >= 11 is 5.07. The molecule has 0 saturated carbocycles. The van der Waals surface area contributed by atoms with Crippen molar-refractivity contribution in [2.45, 2.75) is 25.6 Å². The molecule has 0 fully saturated rings. The molecule has 2 nitrogen and oxygen atoms in total. The molecule has 0 atom stereocenters. The van der Waals surface area contributed by atoms with Crippen LogP contribution in [0.15, 0.2) is 33.7 Å². The maximum Gasteiger partial charge on any atom is 0.154 e. The highest BCUT2D eigenvalue weighted by atomic mass is 79.9. The first-order valence-corrected chi connectivity index (χ1v) is 6.57. The van der Waals surface area contributed by atoms with Gasteiger partial charge in [-0.1, -0.05) is 45.9 Å². The van der Waals surface area contributed by atoms with Gasteiger partial charge in [-0.3, -0.25) is 4.99 Å². The Morgan fingerprint density at radius 2 is 2.13 bits per heavy atom. The average Bonchev–Trinajstić information content (AvgIpc) is 2.15. The smallest absolute Gasteiger partial charge is 0.154 e. The number of nitrogens with zero attached hydrogens (tertiary/aromatic N) is 1. The molecule has 15 heavy (non-hydrogen) atoms. The van der Waals surface area contributed by atoms with Gasteiger partial charge in [-0.25, -0.2) is 0 Å². The molecule has 0 saturated heterocycles. The summed E-state index contributed by atoms with van der Waals surface area (Å²) in [4.78, 5) is 4.26. The average molecular weight is 287 g/mol. The molecular weight excluding hydrogens is 272 g/mol. The fraction of sp³-hybridized carbons (Fsp3) is 0.364. The second-order valence-corrected chi connectivity index (χ2v) is 5.29. The van der Waals surface area contributed by atoms with Gasteiger partial charge in [-0.15, -0.1) is 0 Å². The van der Waals surface area contributed by atoms with Crippen LogP contribution in [0.2, 0.25) is 0 Å². The van der Waals surface area contributed by atoms with E-state index in [-0.39, 0.29) is 6.04 Å². The summed E-state index contributed by atoms with van der Waals surface area (Å²) < 4.78 is 1.12. The van der Waals surface area contributed by atoms with Gasteiger partial charge in [0.25, 0.3) is 0 Å². The van der Waals surface area contributed by atoms with Crippen LogP contribution in [0, 0.1) is 0 Å². The Morgan fingerprint density at radius 3 is 2.73 bits per heavy atom. The summed E-state index contributed by atoms with van der Waals surface area (Å²) in [5.41, 5.74) is 7.01. The minimum absolute atomic E-state index is 0.261. The van der Waals surface area contributed by atoms with E-state index in [4.69, 9.17) is 5.73 Å². The van der Waals surface area contributed by atoms with Gasteiger partial charge in [0.05, 0.1) is 0 Å². The van der Waals surface area contributed by atoms with E-state index < -0.39 is 0 Å². The minimum atomic E-state index is 0.261. The van der Waals surface area contributed by atoms with Crippen molar-refractivity contribution < 1.29 is 0 Å². The van der Waals surface area contributed by atoms with E-state index in [1.165, 1.54) is 5.56 Å². The Bertz CT molecular complexity index is 350. The molecule has 0 unspecified atom stereocenters. The van der Waals surface area contributed by atoms with Gasteiger partial charge in [-0.2, -0.15) is 0 Å². The van der Waals surface area contributed by atoms with Crippen LogP contribution < -0.4 is 5.73 Å². The van der Waals surface area contributed by atoms with Crippen LogP contribution >= 0.6 is 27.7 Å². The number of hydrogen-bond donors (Lipinski definition) is 1. The van der Waals surface area contributed by atoms with Gasteiger partial charge < -0.3 is 5.73 Å². The van der Waals surface area contributed by atoms with Gasteiger partial charge >= 0.3 is 0 Å². The molecule has 0 aromatic heterocycles. The van der Waals surface area contributed by atoms with Gasteiger partial charge in [-0.05, 0) is 25.5 Å². The van der Waals surface area contributed by atoms with Crippen molar-refractivity contribution in [3.63, 3.8) is 0 Å². The number of benzene rings is 1. The monoisotopic (exact) mass is 286 g/mol. The van der Waals surface area contributed by atoms with Crippen LogP contribution in [-0.2, 0) is 5.75 Å². The zero-order valence-corrected chi connectivity index (χ0v) is 11.3. The van der Waals surface area contributed by atoms with Crippen molar-refractivity contribution >= 4 is 32.9 Å². The lowest BCUT2D eigenvalue weighted by Gasteiger charge is -2.04. The summed E-state index contributed by atoms with van der Waals surface area (Å²) in [5, 5.41) is 0.653. The van der Waals surface area contributed by atoms with E-state index in [0.29, 0.717) is 5.17 Å². The van der Waals surface area contributed by atoms with Crippen LogP contribution in [0.3, 0.4) is 0 Å². The lowest BCUT2D eigenvalue weighted by atomic mass is 10.2. The van der Waals surface area contributed by atoms with Gasteiger partial charge in [0.2, 0.25) is 0 Å². The van der Waals surface area contributed by atoms with Crippen LogP contribution in [0.1, 0.15) is 19.4 Å². The zero-order chi connectivity index (χ0) is 11.3. The third-order valence-electron chi connectivity index (χ3n) is 1.72. The molecule has 0 amide bonds. The highest BCUT2D eigenvalue weighted by Crippen LogP contribution is 2.21. The summed E-state index contributed by atoms with van der Waals surface area (Å²) in [6.45, 7) is 4.04. The number of halogens is 1.